The number of hydrogen-bond acceptors (Lipinski definition) is 8. The summed E-state index contributed by atoms with van der Waals surface area (Å²) in [4.78, 5) is 52.9. The van der Waals surface area contributed by atoms with Crippen molar-refractivity contribution in [3.63, 3.8) is 0 Å². The molecule has 0 fully saturated rings. The maximum absolute atomic E-state index is 13.3. The highest BCUT2D eigenvalue weighted by molar-refractivity contribution is 5.95. The Hall–Kier alpha value is -5.50. The van der Waals surface area contributed by atoms with Crippen LogP contribution in [0.1, 0.15) is 78.1 Å². The lowest BCUT2D eigenvalue weighted by molar-refractivity contribution is -0.173. The minimum Gasteiger partial charge on any atom is -0.455 e. The lowest BCUT2D eigenvalue weighted by Crippen LogP contribution is -2.26. The van der Waals surface area contributed by atoms with Gasteiger partial charge in [0.25, 0.3) is 0 Å². The molecule has 47 heavy (non-hydrogen) atoms. The topological polar surface area (TPSA) is 105 Å². The van der Waals surface area contributed by atoms with E-state index < -0.39 is 54.7 Å². The fourth-order valence-electron chi connectivity index (χ4n) is 4.65. The number of ether oxygens (including phenoxy) is 4. The summed E-state index contributed by atoms with van der Waals surface area (Å²) in [6.45, 7) is 10.9. The Balaban J connectivity index is 1.45. The molecule has 4 aromatic carbocycles. The third kappa shape index (κ3) is 9.74. The third-order valence-corrected chi connectivity index (χ3v) is 7.43. The number of carbonyl (C=O) groups is 4. The van der Waals surface area contributed by atoms with Gasteiger partial charge in [-0.2, -0.15) is 0 Å². The van der Waals surface area contributed by atoms with Gasteiger partial charge in [-0.15, -0.1) is 0 Å². The van der Waals surface area contributed by atoms with Crippen molar-refractivity contribution in [3.05, 3.63) is 155 Å². The van der Waals surface area contributed by atoms with Gasteiger partial charge in [0, 0.05) is 16.7 Å². The molecule has 0 heterocycles. The maximum Gasteiger partial charge on any atom is 0.352 e. The van der Waals surface area contributed by atoms with Crippen LogP contribution in [-0.2, 0) is 38.1 Å². The van der Waals surface area contributed by atoms with Gasteiger partial charge in [0.2, 0.25) is 12.2 Å². The van der Waals surface area contributed by atoms with Crippen LogP contribution in [-0.4, -0.2) is 23.9 Å². The number of aryl methyl sites for hydroxylation is 2. The molecule has 0 saturated heterocycles. The molecule has 8 nitrogen and oxygen atoms in total. The van der Waals surface area contributed by atoms with E-state index in [1.54, 1.807) is 62.4 Å². The molecule has 4 aromatic rings. The Morgan fingerprint density at radius 2 is 0.915 bits per heavy atom. The molecule has 8 heteroatoms. The molecule has 4 unspecified atom stereocenters. The number of hydrogen-bond donors (Lipinski definition) is 0. The van der Waals surface area contributed by atoms with Crippen molar-refractivity contribution in [3.8, 4) is 0 Å². The average molecular weight is 635 g/mol. The summed E-state index contributed by atoms with van der Waals surface area (Å²) >= 11 is 0. The summed E-state index contributed by atoms with van der Waals surface area (Å²) in [5.74, 6) is -3.47. The van der Waals surface area contributed by atoms with Crippen LogP contribution >= 0.6 is 0 Å². The van der Waals surface area contributed by atoms with E-state index >= 15 is 0 Å². The molecule has 0 aliphatic carbocycles. The van der Waals surface area contributed by atoms with Gasteiger partial charge in [-0.3, -0.25) is 4.79 Å². The Kier molecular flexibility index (Phi) is 11.8. The summed E-state index contributed by atoms with van der Waals surface area (Å²) in [5.41, 5.74) is 3.94. The van der Waals surface area contributed by atoms with Crippen molar-refractivity contribution < 1.29 is 38.1 Å². The van der Waals surface area contributed by atoms with E-state index in [0.29, 0.717) is 11.1 Å². The van der Waals surface area contributed by atoms with E-state index in [2.05, 4.69) is 6.58 Å². The molecular weight excluding hydrogens is 596 g/mol. The molecule has 0 aromatic heterocycles. The first kappa shape index (κ1) is 34.4. The predicted molar refractivity (Wildman–Crippen MR) is 176 cm³/mol. The summed E-state index contributed by atoms with van der Waals surface area (Å²) < 4.78 is 22.5. The molecule has 242 valence electrons. The molecule has 4 atom stereocenters. The van der Waals surface area contributed by atoms with Crippen LogP contribution in [0.15, 0.2) is 121 Å². The highest BCUT2D eigenvalue weighted by Gasteiger charge is 2.32. The fraction of sp³-hybridized carbons (Fsp3) is 0.231. The van der Waals surface area contributed by atoms with E-state index in [0.717, 1.165) is 22.3 Å². The van der Waals surface area contributed by atoms with Gasteiger partial charge in [-0.05, 0) is 38.8 Å². The molecule has 0 aliphatic rings. The molecule has 0 saturated carbocycles. The van der Waals surface area contributed by atoms with E-state index in [1.165, 1.54) is 0 Å². The number of carbonyl (C=O) groups excluding carboxylic acids is 4. The summed E-state index contributed by atoms with van der Waals surface area (Å²) in [5, 5.41) is 0. The second-order valence-electron chi connectivity index (χ2n) is 11.2. The zero-order valence-electron chi connectivity index (χ0n) is 26.9. The Bertz CT molecular complexity index is 1680. The lowest BCUT2D eigenvalue weighted by atomic mass is 10.1. The van der Waals surface area contributed by atoms with Gasteiger partial charge in [0.1, 0.15) is 12.2 Å². The zero-order chi connectivity index (χ0) is 33.9. The van der Waals surface area contributed by atoms with E-state index in [1.807, 2.05) is 74.5 Å². The van der Waals surface area contributed by atoms with Gasteiger partial charge >= 0.3 is 23.9 Å². The van der Waals surface area contributed by atoms with Gasteiger partial charge in [0.05, 0.1) is 6.42 Å². The molecule has 0 N–H and O–H groups in total. The van der Waals surface area contributed by atoms with Crippen molar-refractivity contribution in [2.45, 2.75) is 58.5 Å². The first-order valence-electron chi connectivity index (χ1n) is 15.2. The average Bonchev–Trinajstić information content (AvgIpc) is 3.07. The van der Waals surface area contributed by atoms with Gasteiger partial charge < -0.3 is 18.9 Å². The molecule has 0 amide bonds. The van der Waals surface area contributed by atoms with Crippen LogP contribution in [0.4, 0.5) is 0 Å². The smallest absolute Gasteiger partial charge is 0.352 e. The summed E-state index contributed by atoms with van der Waals surface area (Å²) in [6.07, 6.45) is -4.64. The SMILES string of the molecule is C=C(CC(=O)OC(C(=O)OC(C)c1ccccc1)c1ccc(C)cc1)C(=O)OC(C(=O)OC(C)c1ccccc1)c1ccc(C)cc1. The standard InChI is InChI=1S/C39H38O8/c1-25-16-20-32(21-17-25)35(38(42)44-28(4)30-12-8-6-9-13-30)46-34(40)24-27(3)37(41)47-36(33-22-18-26(2)19-23-33)39(43)45-29(5)31-14-10-7-11-15-31/h6-23,28-29,35-36H,3,24H2,1-2,4-5H3. The van der Waals surface area contributed by atoms with Gasteiger partial charge in [-0.1, -0.05) is 127 Å². The number of esters is 4. The van der Waals surface area contributed by atoms with Gasteiger partial charge in [0.15, 0.2) is 0 Å². The molecule has 4 rings (SSSR count). The van der Waals surface area contributed by atoms with Crippen LogP contribution in [0.2, 0.25) is 0 Å². The highest BCUT2D eigenvalue weighted by Crippen LogP contribution is 2.28. The van der Waals surface area contributed by atoms with Crippen LogP contribution in [0, 0.1) is 13.8 Å². The molecule has 0 bridgehead atoms. The number of benzene rings is 4. The monoisotopic (exact) mass is 634 g/mol. The minimum absolute atomic E-state index is 0.273. The first-order valence-corrected chi connectivity index (χ1v) is 15.2. The fourth-order valence-corrected chi connectivity index (χ4v) is 4.65. The molecular formula is C39H38O8. The van der Waals surface area contributed by atoms with E-state index in [4.69, 9.17) is 18.9 Å². The van der Waals surface area contributed by atoms with Crippen molar-refractivity contribution in [2.75, 3.05) is 0 Å². The molecule has 0 radical (unpaired) electrons. The van der Waals surface area contributed by atoms with Gasteiger partial charge in [-0.25, -0.2) is 14.4 Å². The second kappa shape index (κ2) is 16.2. The van der Waals surface area contributed by atoms with Crippen LogP contribution in [0.3, 0.4) is 0 Å². The highest BCUT2D eigenvalue weighted by atomic mass is 16.6. The first-order chi connectivity index (χ1) is 22.5. The maximum atomic E-state index is 13.3. The van der Waals surface area contributed by atoms with E-state index in [-0.39, 0.29) is 5.57 Å². The largest absolute Gasteiger partial charge is 0.455 e. The molecule has 0 spiro atoms. The second-order valence-corrected chi connectivity index (χ2v) is 11.2. The van der Waals surface area contributed by atoms with Crippen molar-refractivity contribution in [2.24, 2.45) is 0 Å². The van der Waals surface area contributed by atoms with Crippen LogP contribution in [0.25, 0.3) is 0 Å². The lowest BCUT2D eigenvalue weighted by Gasteiger charge is -2.22. The number of rotatable bonds is 13. The third-order valence-electron chi connectivity index (χ3n) is 7.43. The van der Waals surface area contributed by atoms with Crippen molar-refractivity contribution in [1.29, 1.82) is 0 Å². The Morgan fingerprint density at radius 1 is 0.532 bits per heavy atom. The Morgan fingerprint density at radius 3 is 1.32 bits per heavy atom. The minimum atomic E-state index is -1.42. The zero-order valence-corrected chi connectivity index (χ0v) is 26.9. The van der Waals surface area contributed by atoms with Crippen LogP contribution < -0.4 is 0 Å². The normalized spacial score (nSPS) is 13.3. The van der Waals surface area contributed by atoms with Crippen LogP contribution in [0.5, 0.6) is 0 Å². The summed E-state index contributed by atoms with van der Waals surface area (Å²) in [6, 6.07) is 32.1. The summed E-state index contributed by atoms with van der Waals surface area (Å²) in [7, 11) is 0. The van der Waals surface area contributed by atoms with Crippen molar-refractivity contribution >= 4 is 23.9 Å². The quantitative estimate of drug-likeness (QED) is 0.0836. The van der Waals surface area contributed by atoms with Crippen molar-refractivity contribution in [1.82, 2.24) is 0 Å². The van der Waals surface area contributed by atoms with E-state index in [9.17, 15) is 19.2 Å². The molecule has 0 aliphatic heterocycles. The predicted octanol–water partition coefficient (Wildman–Crippen LogP) is 7.73. The Labute approximate surface area is 274 Å².